The molecular formula is C12H17ClO3. The van der Waals surface area contributed by atoms with Gasteiger partial charge in [-0.05, 0) is 26.8 Å². The highest BCUT2D eigenvalue weighted by atomic mass is 35.5. The zero-order valence-electron chi connectivity index (χ0n) is 9.79. The van der Waals surface area contributed by atoms with Crippen LogP contribution in [-0.4, -0.2) is 18.3 Å². The Bertz CT molecular complexity index is 350. The summed E-state index contributed by atoms with van der Waals surface area (Å²) in [5.41, 5.74) is 0.690. The summed E-state index contributed by atoms with van der Waals surface area (Å²) in [5, 5.41) is 10.1. The zero-order chi connectivity index (χ0) is 12.1. The minimum atomic E-state index is -0.613. The fraction of sp³-hybridized carbons (Fsp3) is 0.500. The molecule has 1 rings (SSSR count). The average Bonchev–Trinajstić information content (AvgIpc) is 2.22. The summed E-state index contributed by atoms with van der Waals surface area (Å²) in [6.07, 6.45) is -0.613. The van der Waals surface area contributed by atoms with E-state index in [2.05, 4.69) is 0 Å². The number of hydrogen-bond donors (Lipinski definition) is 1. The summed E-state index contributed by atoms with van der Waals surface area (Å²) in [4.78, 5) is 0. The van der Waals surface area contributed by atoms with Crippen molar-refractivity contribution in [2.45, 2.75) is 26.9 Å². The SMILES string of the molecule is CCOc1cc(C(C)O)c(OCC)cc1Cl. The van der Waals surface area contributed by atoms with Gasteiger partial charge in [-0.3, -0.25) is 0 Å². The van der Waals surface area contributed by atoms with Crippen LogP contribution in [0.4, 0.5) is 0 Å². The topological polar surface area (TPSA) is 38.7 Å². The summed E-state index contributed by atoms with van der Waals surface area (Å²) >= 11 is 6.03. The van der Waals surface area contributed by atoms with Gasteiger partial charge in [0.2, 0.25) is 0 Å². The third kappa shape index (κ3) is 3.03. The Morgan fingerprint density at radius 1 is 1.19 bits per heavy atom. The van der Waals surface area contributed by atoms with Crippen molar-refractivity contribution in [1.82, 2.24) is 0 Å². The number of rotatable bonds is 5. The number of hydrogen-bond acceptors (Lipinski definition) is 3. The van der Waals surface area contributed by atoms with Gasteiger partial charge in [-0.2, -0.15) is 0 Å². The van der Waals surface area contributed by atoms with Crippen LogP contribution in [0.2, 0.25) is 5.02 Å². The Morgan fingerprint density at radius 3 is 2.25 bits per heavy atom. The van der Waals surface area contributed by atoms with Gasteiger partial charge in [0.1, 0.15) is 11.5 Å². The smallest absolute Gasteiger partial charge is 0.138 e. The van der Waals surface area contributed by atoms with Crippen molar-refractivity contribution in [3.05, 3.63) is 22.7 Å². The number of benzene rings is 1. The second-order valence-corrected chi connectivity index (χ2v) is 3.77. The van der Waals surface area contributed by atoms with E-state index in [-0.39, 0.29) is 0 Å². The summed E-state index contributed by atoms with van der Waals surface area (Å²) < 4.78 is 10.8. The van der Waals surface area contributed by atoms with Crippen LogP contribution < -0.4 is 9.47 Å². The molecule has 0 saturated carbocycles. The molecule has 0 aliphatic rings. The van der Waals surface area contributed by atoms with E-state index < -0.39 is 6.10 Å². The lowest BCUT2D eigenvalue weighted by molar-refractivity contribution is 0.191. The summed E-state index contributed by atoms with van der Waals surface area (Å²) in [6.45, 7) is 6.52. The van der Waals surface area contributed by atoms with E-state index in [4.69, 9.17) is 21.1 Å². The van der Waals surface area contributed by atoms with E-state index in [0.29, 0.717) is 35.3 Å². The minimum Gasteiger partial charge on any atom is -0.493 e. The molecule has 0 aliphatic heterocycles. The standard InChI is InChI=1S/C12H17ClO3/c1-4-15-11-7-10(13)12(16-5-2)6-9(11)8(3)14/h6-8,14H,4-5H2,1-3H3. The highest BCUT2D eigenvalue weighted by Crippen LogP contribution is 2.35. The fourth-order valence-corrected chi connectivity index (χ4v) is 1.63. The van der Waals surface area contributed by atoms with E-state index in [1.54, 1.807) is 19.1 Å². The second kappa shape index (κ2) is 5.97. The molecule has 0 radical (unpaired) electrons. The lowest BCUT2D eigenvalue weighted by atomic mass is 10.1. The van der Waals surface area contributed by atoms with E-state index in [1.165, 1.54) is 0 Å². The maximum absolute atomic E-state index is 9.64. The predicted octanol–water partition coefficient (Wildman–Crippen LogP) is 3.19. The van der Waals surface area contributed by atoms with Crippen LogP contribution in [0.15, 0.2) is 12.1 Å². The summed E-state index contributed by atoms with van der Waals surface area (Å²) in [7, 11) is 0. The molecule has 1 unspecified atom stereocenters. The first kappa shape index (κ1) is 13.1. The first-order valence-corrected chi connectivity index (χ1v) is 5.75. The Morgan fingerprint density at radius 2 is 1.75 bits per heavy atom. The molecule has 16 heavy (non-hydrogen) atoms. The lowest BCUT2D eigenvalue weighted by Crippen LogP contribution is -2.02. The van der Waals surface area contributed by atoms with Gasteiger partial charge in [0.25, 0.3) is 0 Å². The molecule has 0 amide bonds. The molecule has 0 bridgehead atoms. The Balaban J connectivity index is 3.14. The van der Waals surface area contributed by atoms with Crippen LogP contribution in [0.5, 0.6) is 11.5 Å². The number of ether oxygens (including phenoxy) is 2. The first-order chi connectivity index (χ1) is 7.60. The van der Waals surface area contributed by atoms with Crippen molar-refractivity contribution >= 4 is 11.6 Å². The van der Waals surface area contributed by atoms with Crippen LogP contribution in [0.3, 0.4) is 0 Å². The first-order valence-electron chi connectivity index (χ1n) is 5.37. The summed E-state index contributed by atoms with van der Waals surface area (Å²) in [5.74, 6) is 1.18. The van der Waals surface area contributed by atoms with Crippen LogP contribution >= 0.6 is 11.6 Å². The van der Waals surface area contributed by atoms with E-state index >= 15 is 0 Å². The third-order valence-electron chi connectivity index (χ3n) is 2.11. The Labute approximate surface area is 101 Å². The fourth-order valence-electron chi connectivity index (χ4n) is 1.42. The molecule has 3 nitrogen and oxygen atoms in total. The van der Waals surface area contributed by atoms with E-state index in [0.717, 1.165) is 0 Å². The summed E-state index contributed by atoms with van der Waals surface area (Å²) in [6, 6.07) is 3.40. The van der Waals surface area contributed by atoms with Gasteiger partial charge >= 0.3 is 0 Å². The van der Waals surface area contributed by atoms with Crippen molar-refractivity contribution in [1.29, 1.82) is 0 Å². The number of halogens is 1. The molecule has 1 atom stereocenters. The predicted molar refractivity (Wildman–Crippen MR) is 64.4 cm³/mol. The molecular weight excluding hydrogens is 228 g/mol. The minimum absolute atomic E-state index is 0.495. The molecule has 0 aromatic heterocycles. The molecule has 1 aromatic carbocycles. The maximum atomic E-state index is 9.64. The molecule has 0 heterocycles. The average molecular weight is 245 g/mol. The molecule has 90 valence electrons. The van der Waals surface area contributed by atoms with Crippen LogP contribution in [0.1, 0.15) is 32.4 Å². The monoisotopic (exact) mass is 244 g/mol. The van der Waals surface area contributed by atoms with Crippen molar-refractivity contribution in [3.8, 4) is 11.5 Å². The largest absolute Gasteiger partial charge is 0.493 e. The molecule has 4 heteroatoms. The lowest BCUT2D eigenvalue weighted by Gasteiger charge is -2.15. The van der Waals surface area contributed by atoms with Gasteiger partial charge < -0.3 is 14.6 Å². The second-order valence-electron chi connectivity index (χ2n) is 3.36. The quantitative estimate of drug-likeness (QED) is 0.865. The van der Waals surface area contributed by atoms with Crippen molar-refractivity contribution in [2.24, 2.45) is 0 Å². The van der Waals surface area contributed by atoms with Gasteiger partial charge in [-0.25, -0.2) is 0 Å². The Hall–Kier alpha value is -0.930. The molecule has 1 aromatic rings. The van der Waals surface area contributed by atoms with Crippen molar-refractivity contribution in [2.75, 3.05) is 13.2 Å². The van der Waals surface area contributed by atoms with Crippen LogP contribution in [0.25, 0.3) is 0 Å². The molecule has 1 N–H and O–H groups in total. The number of aliphatic hydroxyl groups excluding tert-OH is 1. The van der Waals surface area contributed by atoms with Crippen molar-refractivity contribution < 1.29 is 14.6 Å². The van der Waals surface area contributed by atoms with Crippen LogP contribution in [0, 0.1) is 0 Å². The third-order valence-corrected chi connectivity index (χ3v) is 2.41. The van der Waals surface area contributed by atoms with Gasteiger partial charge in [0.15, 0.2) is 0 Å². The molecule has 0 aliphatic carbocycles. The van der Waals surface area contributed by atoms with E-state index in [9.17, 15) is 5.11 Å². The number of aliphatic hydroxyl groups is 1. The van der Waals surface area contributed by atoms with Crippen molar-refractivity contribution in [3.63, 3.8) is 0 Å². The van der Waals surface area contributed by atoms with E-state index in [1.807, 2.05) is 13.8 Å². The molecule has 0 fully saturated rings. The Kier molecular flexibility index (Phi) is 4.90. The molecule has 0 saturated heterocycles. The normalized spacial score (nSPS) is 12.3. The highest BCUT2D eigenvalue weighted by Gasteiger charge is 2.14. The van der Waals surface area contributed by atoms with Crippen LogP contribution in [-0.2, 0) is 0 Å². The maximum Gasteiger partial charge on any atom is 0.138 e. The van der Waals surface area contributed by atoms with Gasteiger partial charge in [-0.15, -0.1) is 0 Å². The van der Waals surface area contributed by atoms with Gasteiger partial charge in [0, 0.05) is 11.6 Å². The van der Waals surface area contributed by atoms with Gasteiger partial charge in [-0.1, -0.05) is 11.6 Å². The highest BCUT2D eigenvalue weighted by molar-refractivity contribution is 6.32. The zero-order valence-corrected chi connectivity index (χ0v) is 10.5. The molecule has 0 spiro atoms. The van der Waals surface area contributed by atoms with Gasteiger partial charge in [0.05, 0.1) is 24.3 Å².